The Labute approximate surface area is 119 Å². The fourth-order valence-corrected chi connectivity index (χ4v) is 2.90. The summed E-state index contributed by atoms with van der Waals surface area (Å²) in [7, 11) is 0. The lowest BCUT2D eigenvalue weighted by atomic mass is 10.2. The molecule has 0 atom stereocenters. The Morgan fingerprint density at radius 2 is 2.11 bits per heavy atom. The monoisotopic (exact) mass is 374 g/mol. The molecule has 2 aromatic rings. The van der Waals surface area contributed by atoms with Gasteiger partial charge in [-0.25, -0.2) is 4.98 Å². The molecule has 94 valence electrons. The first-order valence-corrected chi connectivity index (χ1v) is 6.63. The summed E-state index contributed by atoms with van der Waals surface area (Å²) in [4.78, 5) is 26.8. The maximum absolute atomic E-state index is 12.1. The second kappa shape index (κ2) is 5.19. The molecule has 0 aliphatic heterocycles. The number of rotatable bonds is 3. The van der Waals surface area contributed by atoms with Gasteiger partial charge in [-0.1, -0.05) is 15.9 Å². The van der Waals surface area contributed by atoms with Crippen LogP contribution < -0.4 is 5.56 Å². The van der Waals surface area contributed by atoms with Crippen LogP contribution in [0.4, 0.5) is 0 Å². The van der Waals surface area contributed by atoms with Gasteiger partial charge in [0.2, 0.25) is 0 Å². The first kappa shape index (κ1) is 13.2. The second-order valence-electron chi connectivity index (χ2n) is 3.67. The van der Waals surface area contributed by atoms with Crippen LogP contribution in [0, 0.1) is 0 Å². The highest BCUT2D eigenvalue weighted by Gasteiger charge is 2.09. The topological polar surface area (TPSA) is 72.2 Å². The van der Waals surface area contributed by atoms with Gasteiger partial charge < -0.3 is 5.11 Å². The van der Waals surface area contributed by atoms with Crippen molar-refractivity contribution in [1.29, 1.82) is 0 Å². The smallest absolute Gasteiger partial charge is 0.305 e. The van der Waals surface area contributed by atoms with Gasteiger partial charge in [0.05, 0.1) is 23.7 Å². The fourth-order valence-electron chi connectivity index (χ4n) is 1.57. The number of carbonyl (C=O) groups is 1. The number of aromatic nitrogens is 2. The molecule has 1 aromatic heterocycles. The van der Waals surface area contributed by atoms with Crippen molar-refractivity contribution in [2.75, 3.05) is 0 Å². The average molecular weight is 376 g/mol. The van der Waals surface area contributed by atoms with Crippen molar-refractivity contribution >= 4 is 48.7 Å². The Kier molecular flexibility index (Phi) is 3.82. The van der Waals surface area contributed by atoms with E-state index in [2.05, 4.69) is 36.8 Å². The zero-order chi connectivity index (χ0) is 13.3. The lowest BCUT2D eigenvalue weighted by molar-refractivity contribution is -0.137. The summed E-state index contributed by atoms with van der Waals surface area (Å²) in [5, 5.41) is 9.06. The molecular formula is C11H8Br2N2O3. The second-order valence-corrected chi connectivity index (χ2v) is 5.44. The quantitative estimate of drug-likeness (QED) is 0.893. The molecule has 1 aromatic carbocycles. The molecule has 18 heavy (non-hydrogen) atoms. The van der Waals surface area contributed by atoms with E-state index in [0.29, 0.717) is 15.4 Å². The number of halogens is 2. The third kappa shape index (κ3) is 2.62. The lowest BCUT2D eigenvalue weighted by Crippen LogP contribution is -2.22. The molecule has 5 nitrogen and oxygen atoms in total. The van der Waals surface area contributed by atoms with Crippen molar-refractivity contribution in [3.05, 3.63) is 37.8 Å². The molecule has 2 rings (SSSR count). The molecule has 0 saturated carbocycles. The Bertz CT molecular complexity index is 682. The minimum absolute atomic E-state index is 0.109. The minimum Gasteiger partial charge on any atom is -0.481 e. The SMILES string of the molecule is O=C(O)CCn1cnc2c(Br)cc(Br)cc2c1=O. The van der Waals surface area contributed by atoms with Gasteiger partial charge in [-0.15, -0.1) is 0 Å². The number of nitrogens with zero attached hydrogens (tertiary/aromatic N) is 2. The number of hydrogen-bond acceptors (Lipinski definition) is 3. The van der Waals surface area contributed by atoms with E-state index in [1.165, 1.54) is 10.9 Å². The molecule has 0 aliphatic rings. The highest BCUT2D eigenvalue weighted by atomic mass is 79.9. The van der Waals surface area contributed by atoms with Crippen LogP contribution >= 0.6 is 31.9 Å². The van der Waals surface area contributed by atoms with Gasteiger partial charge in [0, 0.05) is 15.5 Å². The normalized spacial score (nSPS) is 10.8. The molecule has 0 unspecified atom stereocenters. The largest absolute Gasteiger partial charge is 0.481 e. The maximum atomic E-state index is 12.1. The van der Waals surface area contributed by atoms with Crippen molar-refractivity contribution < 1.29 is 9.90 Å². The van der Waals surface area contributed by atoms with E-state index in [9.17, 15) is 9.59 Å². The molecule has 0 amide bonds. The molecule has 0 spiro atoms. The summed E-state index contributed by atoms with van der Waals surface area (Å²) in [5.41, 5.74) is 0.318. The van der Waals surface area contributed by atoms with Gasteiger partial charge in [-0.05, 0) is 28.1 Å². The van der Waals surface area contributed by atoms with Crippen LogP contribution in [0.2, 0.25) is 0 Å². The Balaban J connectivity index is 2.57. The summed E-state index contributed by atoms with van der Waals surface area (Å²) in [6, 6.07) is 3.48. The number of aliphatic carboxylic acids is 1. The van der Waals surface area contributed by atoms with E-state index in [0.717, 1.165) is 4.47 Å². The molecule has 0 aliphatic carbocycles. The summed E-state index contributed by atoms with van der Waals surface area (Å²) in [5.74, 6) is -0.947. The summed E-state index contributed by atoms with van der Waals surface area (Å²) in [6.45, 7) is 0.112. The predicted octanol–water partition coefficient (Wildman–Crippen LogP) is 2.40. The van der Waals surface area contributed by atoms with Gasteiger partial charge in [-0.2, -0.15) is 0 Å². The Morgan fingerprint density at radius 1 is 1.39 bits per heavy atom. The van der Waals surface area contributed by atoms with Gasteiger partial charge in [0.25, 0.3) is 5.56 Å². The van der Waals surface area contributed by atoms with E-state index in [-0.39, 0.29) is 18.5 Å². The van der Waals surface area contributed by atoms with Crippen molar-refractivity contribution in [3.8, 4) is 0 Å². The standard InChI is InChI=1S/C11H8Br2N2O3/c12-6-3-7-10(8(13)4-6)14-5-15(11(7)18)2-1-9(16)17/h3-5H,1-2H2,(H,16,17). The maximum Gasteiger partial charge on any atom is 0.305 e. The van der Waals surface area contributed by atoms with E-state index in [4.69, 9.17) is 5.11 Å². The third-order valence-electron chi connectivity index (χ3n) is 2.41. The summed E-state index contributed by atoms with van der Waals surface area (Å²) < 4.78 is 2.78. The van der Waals surface area contributed by atoms with E-state index in [1.54, 1.807) is 12.1 Å². The fraction of sp³-hybridized carbons (Fsp3) is 0.182. The number of fused-ring (bicyclic) bond motifs is 1. The zero-order valence-electron chi connectivity index (χ0n) is 9.06. The van der Waals surface area contributed by atoms with Crippen LogP contribution in [0.3, 0.4) is 0 Å². The number of benzene rings is 1. The third-order valence-corrected chi connectivity index (χ3v) is 3.47. The lowest BCUT2D eigenvalue weighted by Gasteiger charge is -2.06. The molecule has 0 bridgehead atoms. The Hall–Kier alpha value is -1.21. The molecule has 7 heteroatoms. The van der Waals surface area contributed by atoms with E-state index >= 15 is 0 Å². The molecule has 1 N–H and O–H groups in total. The predicted molar refractivity (Wildman–Crippen MR) is 73.7 cm³/mol. The van der Waals surface area contributed by atoms with Gasteiger partial charge in [-0.3, -0.25) is 14.2 Å². The van der Waals surface area contributed by atoms with Crippen molar-refractivity contribution in [3.63, 3.8) is 0 Å². The number of hydrogen-bond donors (Lipinski definition) is 1. The van der Waals surface area contributed by atoms with Crippen LogP contribution in [0.15, 0.2) is 32.2 Å². The summed E-state index contributed by atoms with van der Waals surface area (Å²) >= 11 is 6.64. The number of carboxylic acids is 1. The minimum atomic E-state index is -0.947. The zero-order valence-corrected chi connectivity index (χ0v) is 12.2. The molecule has 0 fully saturated rings. The van der Waals surface area contributed by atoms with E-state index in [1.807, 2.05) is 0 Å². The van der Waals surface area contributed by atoms with Gasteiger partial charge >= 0.3 is 5.97 Å². The first-order valence-electron chi connectivity index (χ1n) is 5.05. The number of carboxylic acid groups (broad SMARTS) is 1. The van der Waals surface area contributed by atoms with Crippen LogP contribution in [0.5, 0.6) is 0 Å². The van der Waals surface area contributed by atoms with Crippen molar-refractivity contribution in [2.24, 2.45) is 0 Å². The van der Waals surface area contributed by atoms with Crippen molar-refractivity contribution in [1.82, 2.24) is 9.55 Å². The molecular weight excluding hydrogens is 368 g/mol. The van der Waals surface area contributed by atoms with Crippen LogP contribution in [-0.4, -0.2) is 20.6 Å². The first-order chi connectivity index (χ1) is 8.49. The average Bonchev–Trinajstić information content (AvgIpc) is 2.29. The van der Waals surface area contributed by atoms with Crippen LogP contribution in [-0.2, 0) is 11.3 Å². The van der Waals surface area contributed by atoms with Crippen LogP contribution in [0.25, 0.3) is 10.9 Å². The Morgan fingerprint density at radius 3 is 2.78 bits per heavy atom. The van der Waals surface area contributed by atoms with E-state index < -0.39 is 5.97 Å². The van der Waals surface area contributed by atoms with Gasteiger partial charge in [0.15, 0.2) is 0 Å². The van der Waals surface area contributed by atoms with Crippen molar-refractivity contribution in [2.45, 2.75) is 13.0 Å². The van der Waals surface area contributed by atoms with Crippen LogP contribution in [0.1, 0.15) is 6.42 Å². The molecule has 0 saturated heterocycles. The molecule has 1 heterocycles. The highest BCUT2D eigenvalue weighted by Crippen LogP contribution is 2.24. The number of aryl methyl sites for hydroxylation is 1. The highest BCUT2D eigenvalue weighted by molar-refractivity contribution is 9.11. The summed E-state index contributed by atoms with van der Waals surface area (Å²) in [6.07, 6.45) is 1.26. The van der Waals surface area contributed by atoms with Gasteiger partial charge in [0.1, 0.15) is 0 Å². The molecule has 0 radical (unpaired) electrons.